The van der Waals surface area contributed by atoms with Gasteiger partial charge in [-0.1, -0.05) is 60.7 Å². The summed E-state index contributed by atoms with van der Waals surface area (Å²) < 4.78 is 0. The van der Waals surface area contributed by atoms with Crippen LogP contribution in [0.3, 0.4) is 0 Å². The fraction of sp³-hybridized carbons (Fsp3) is 0.0833. The van der Waals surface area contributed by atoms with Crippen LogP contribution in [-0.2, 0) is 27.3 Å². The third-order valence-corrected chi connectivity index (χ3v) is 4.67. The Bertz CT molecular complexity index is 1100. The molecule has 0 bridgehead atoms. The quantitative estimate of drug-likeness (QED) is 0.411. The summed E-state index contributed by atoms with van der Waals surface area (Å²) in [7, 11) is 0. The van der Waals surface area contributed by atoms with E-state index in [1.54, 1.807) is 36.4 Å². The van der Waals surface area contributed by atoms with E-state index in [2.05, 4.69) is 0 Å². The van der Waals surface area contributed by atoms with E-state index in [9.17, 15) is 19.8 Å². The third-order valence-electron chi connectivity index (χ3n) is 4.67. The molecule has 0 aliphatic rings. The predicted molar refractivity (Wildman–Crippen MR) is 106 cm³/mol. The largest absolute Gasteiger partial charge is 2.00 e. The van der Waals surface area contributed by atoms with Gasteiger partial charge >= 0.3 is 27.3 Å². The van der Waals surface area contributed by atoms with Crippen LogP contribution in [-0.4, -0.2) is 11.9 Å². The predicted octanol–water partition coefficient (Wildman–Crippen LogP) is 3.02. The number of carboxylic acids is 2. The Hall–Kier alpha value is -2.74. The average molecular weight is 483 g/mol. The summed E-state index contributed by atoms with van der Waals surface area (Å²) in [5.41, 5.74) is 2.61. The van der Waals surface area contributed by atoms with Gasteiger partial charge in [0, 0.05) is 0 Å². The van der Waals surface area contributed by atoms with Crippen LogP contribution < -0.4 is 10.2 Å². The van der Waals surface area contributed by atoms with Gasteiger partial charge in [0.1, 0.15) is 0 Å². The normalized spacial score (nSPS) is 10.0. The van der Waals surface area contributed by atoms with Gasteiger partial charge in [-0.3, -0.25) is 0 Å². The minimum Gasteiger partial charge on any atom is -0.545 e. The minimum atomic E-state index is -1.13. The van der Waals surface area contributed by atoms with Gasteiger partial charge in [-0.05, 0) is 69.8 Å². The fourth-order valence-electron chi connectivity index (χ4n) is 3.11. The van der Waals surface area contributed by atoms with Crippen LogP contribution in [0.15, 0.2) is 72.8 Å². The molecular weight excluding hydrogens is 465 g/mol. The van der Waals surface area contributed by atoms with E-state index >= 15 is 0 Å². The summed E-state index contributed by atoms with van der Waals surface area (Å²) in [5, 5.41) is 25.3. The number of hydrogen-bond acceptors (Lipinski definition) is 4. The van der Waals surface area contributed by atoms with E-state index in [1.807, 2.05) is 50.2 Å². The van der Waals surface area contributed by atoms with Crippen LogP contribution in [0.4, 0.5) is 0 Å². The van der Waals surface area contributed by atoms with Gasteiger partial charge in [-0.15, -0.1) is 0 Å². The topological polar surface area (TPSA) is 80.3 Å². The molecular formula is C24H18CdO4. The molecule has 0 aromatic heterocycles. The molecule has 140 valence electrons. The summed E-state index contributed by atoms with van der Waals surface area (Å²) in [4.78, 5) is 21.3. The van der Waals surface area contributed by atoms with Gasteiger partial charge in [-0.2, -0.15) is 0 Å². The zero-order valence-electron chi connectivity index (χ0n) is 16.3. The number of carboxylic acid groups (broad SMARTS) is 2. The van der Waals surface area contributed by atoms with Gasteiger partial charge in [0.25, 0.3) is 0 Å². The van der Waals surface area contributed by atoms with Crippen LogP contribution in [0.25, 0.3) is 21.5 Å². The van der Waals surface area contributed by atoms with Gasteiger partial charge in [-0.25, -0.2) is 0 Å². The summed E-state index contributed by atoms with van der Waals surface area (Å²) in [5.74, 6) is -2.26. The molecule has 0 aliphatic carbocycles. The molecule has 0 atom stereocenters. The summed E-state index contributed by atoms with van der Waals surface area (Å²) in [6, 6.07) is 21.8. The van der Waals surface area contributed by atoms with E-state index in [0.717, 1.165) is 32.7 Å². The molecule has 4 aromatic rings. The first kappa shape index (κ1) is 22.6. The summed E-state index contributed by atoms with van der Waals surface area (Å²) in [6.07, 6.45) is 0. The van der Waals surface area contributed by atoms with Gasteiger partial charge < -0.3 is 19.8 Å². The number of benzene rings is 4. The van der Waals surface area contributed by atoms with Crippen molar-refractivity contribution in [2.45, 2.75) is 13.8 Å². The summed E-state index contributed by atoms with van der Waals surface area (Å²) >= 11 is 0. The Kier molecular flexibility index (Phi) is 7.50. The van der Waals surface area contributed by atoms with Crippen molar-refractivity contribution in [2.75, 3.05) is 0 Å². The molecule has 0 radical (unpaired) electrons. The van der Waals surface area contributed by atoms with Gasteiger partial charge in [0.05, 0.1) is 11.9 Å². The Morgan fingerprint density at radius 1 is 0.621 bits per heavy atom. The molecule has 0 fully saturated rings. The van der Waals surface area contributed by atoms with Crippen LogP contribution in [0.5, 0.6) is 0 Å². The molecule has 0 aliphatic heterocycles. The number of rotatable bonds is 2. The maximum atomic E-state index is 10.6. The second kappa shape index (κ2) is 9.65. The van der Waals surface area contributed by atoms with Crippen molar-refractivity contribution in [1.82, 2.24) is 0 Å². The molecule has 0 heterocycles. The SMILES string of the molecule is Cc1cccc2ccc(C(=O)[O-])cc12.Cc1cccc2ccc(C(=O)[O-])cc12.[Cd+2]. The van der Waals surface area contributed by atoms with Crippen LogP contribution in [0.1, 0.15) is 31.8 Å². The second-order valence-electron chi connectivity index (χ2n) is 6.60. The molecule has 29 heavy (non-hydrogen) atoms. The average Bonchev–Trinajstić information content (AvgIpc) is 2.68. The second-order valence-corrected chi connectivity index (χ2v) is 6.60. The summed E-state index contributed by atoms with van der Waals surface area (Å²) in [6.45, 7) is 3.92. The zero-order valence-corrected chi connectivity index (χ0v) is 20.3. The smallest absolute Gasteiger partial charge is 0.545 e. The monoisotopic (exact) mass is 484 g/mol. The Morgan fingerprint density at radius 3 is 1.34 bits per heavy atom. The molecule has 0 amide bonds. The fourth-order valence-corrected chi connectivity index (χ4v) is 3.11. The number of aryl methyl sites for hydroxylation is 2. The molecule has 4 rings (SSSR count). The van der Waals surface area contributed by atoms with Gasteiger partial charge in [0.2, 0.25) is 0 Å². The molecule has 4 aromatic carbocycles. The molecule has 0 N–H and O–H groups in total. The number of hydrogen-bond donors (Lipinski definition) is 0. The van der Waals surface area contributed by atoms with Crippen molar-refractivity contribution >= 4 is 33.5 Å². The van der Waals surface area contributed by atoms with E-state index < -0.39 is 11.9 Å². The van der Waals surface area contributed by atoms with Crippen LogP contribution >= 0.6 is 0 Å². The molecule has 0 saturated heterocycles. The molecule has 0 spiro atoms. The Labute approximate surface area is 189 Å². The zero-order chi connectivity index (χ0) is 20.3. The first-order valence-electron chi connectivity index (χ1n) is 8.78. The molecule has 0 saturated carbocycles. The van der Waals surface area contributed by atoms with Crippen LogP contribution in [0.2, 0.25) is 0 Å². The maximum Gasteiger partial charge on any atom is 2.00 e. The van der Waals surface area contributed by atoms with E-state index in [-0.39, 0.29) is 38.4 Å². The number of aromatic carboxylic acids is 2. The van der Waals surface area contributed by atoms with Crippen molar-refractivity contribution in [3.05, 3.63) is 95.1 Å². The molecule has 4 nitrogen and oxygen atoms in total. The van der Waals surface area contributed by atoms with Gasteiger partial charge in [0.15, 0.2) is 0 Å². The number of fused-ring (bicyclic) bond motifs is 2. The Morgan fingerprint density at radius 2 is 1.00 bits per heavy atom. The first-order valence-corrected chi connectivity index (χ1v) is 8.78. The standard InChI is InChI=1S/2C12H10O2.Cd/c2*1-8-3-2-4-9-5-6-10(12(13)14)7-11(8)9;/h2*2-7H,1H3,(H,13,14);/q;;+2/p-2. The van der Waals surface area contributed by atoms with Crippen LogP contribution in [0, 0.1) is 13.8 Å². The number of carbonyl (C=O) groups is 2. The Balaban J connectivity index is 0.000000200. The maximum absolute atomic E-state index is 10.6. The minimum absolute atomic E-state index is 0. The first-order chi connectivity index (χ1) is 13.4. The van der Waals surface area contributed by atoms with Crippen molar-refractivity contribution in [1.29, 1.82) is 0 Å². The third kappa shape index (κ3) is 5.20. The van der Waals surface area contributed by atoms with Crippen molar-refractivity contribution in [2.24, 2.45) is 0 Å². The van der Waals surface area contributed by atoms with E-state index in [1.165, 1.54) is 0 Å². The van der Waals surface area contributed by atoms with E-state index in [4.69, 9.17) is 0 Å². The number of carbonyl (C=O) groups excluding carboxylic acids is 2. The molecule has 5 heteroatoms. The van der Waals surface area contributed by atoms with Crippen molar-refractivity contribution in [3.8, 4) is 0 Å². The van der Waals surface area contributed by atoms with E-state index in [0.29, 0.717) is 0 Å². The van der Waals surface area contributed by atoms with Crippen molar-refractivity contribution in [3.63, 3.8) is 0 Å². The molecule has 0 unspecified atom stereocenters. The van der Waals surface area contributed by atoms with Crippen molar-refractivity contribution < 1.29 is 47.1 Å².